The van der Waals surface area contributed by atoms with Gasteiger partial charge in [0.15, 0.2) is 6.10 Å². The topological polar surface area (TPSA) is 74.5 Å². The molecule has 6 heteroatoms. The molecule has 0 bridgehead atoms. The summed E-state index contributed by atoms with van der Waals surface area (Å²) in [6, 6.07) is 14.6. The third-order valence-corrected chi connectivity index (χ3v) is 3.26. The van der Waals surface area contributed by atoms with E-state index in [0.717, 1.165) is 0 Å². The number of nitrogens with one attached hydrogen (secondary N) is 1. The van der Waals surface area contributed by atoms with Gasteiger partial charge in [-0.3, -0.25) is 4.79 Å². The second-order valence-corrected chi connectivity index (χ2v) is 5.05. The number of rotatable bonds is 5. The molecule has 0 radical (unpaired) electrons. The van der Waals surface area contributed by atoms with Crippen LogP contribution in [-0.2, 0) is 4.79 Å². The number of carbonyl (C=O) groups excluding carboxylic acids is 1. The molecule has 2 aromatic rings. The van der Waals surface area contributed by atoms with E-state index >= 15 is 0 Å². The number of carbonyl (C=O) groups is 1. The molecule has 24 heavy (non-hydrogen) atoms. The lowest BCUT2D eigenvalue weighted by Gasteiger charge is -2.13. The van der Waals surface area contributed by atoms with Gasteiger partial charge in [0, 0.05) is 5.56 Å². The molecule has 0 fully saturated rings. The van der Waals surface area contributed by atoms with E-state index < -0.39 is 17.8 Å². The Kier molecular flexibility index (Phi) is 5.63. The Morgan fingerprint density at radius 2 is 1.92 bits per heavy atom. The number of nitrogens with zero attached hydrogens (tertiary/aromatic N) is 2. The van der Waals surface area contributed by atoms with Crippen LogP contribution in [-0.4, -0.2) is 17.7 Å². The van der Waals surface area contributed by atoms with Crippen LogP contribution in [0, 0.1) is 17.1 Å². The molecule has 0 aliphatic heterocycles. The molecule has 0 saturated carbocycles. The van der Waals surface area contributed by atoms with Gasteiger partial charge in [-0.05, 0) is 44.2 Å². The lowest BCUT2D eigenvalue weighted by atomic mass is 10.1. The Balaban J connectivity index is 1.97. The number of halogens is 1. The number of benzene rings is 2. The van der Waals surface area contributed by atoms with Crippen LogP contribution in [0.2, 0.25) is 0 Å². The van der Waals surface area contributed by atoms with E-state index in [1.165, 1.54) is 6.07 Å². The fourth-order valence-corrected chi connectivity index (χ4v) is 1.91. The molecule has 2 rings (SSSR count). The highest BCUT2D eigenvalue weighted by Gasteiger charge is 2.14. The molecule has 0 heterocycles. The second kappa shape index (κ2) is 7.88. The summed E-state index contributed by atoms with van der Waals surface area (Å²) < 4.78 is 19.1. The van der Waals surface area contributed by atoms with Crippen molar-refractivity contribution in [1.82, 2.24) is 5.43 Å². The summed E-state index contributed by atoms with van der Waals surface area (Å²) in [5.74, 6) is -0.406. The largest absolute Gasteiger partial charge is 0.481 e. The summed E-state index contributed by atoms with van der Waals surface area (Å²) in [6.07, 6.45) is -0.796. The lowest BCUT2D eigenvalue weighted by molar-refractivity contribution is -0.127. The van der Waals surface area contributed by atoms with Crippen molar-refractivity contribution in [2.24, 2.45) is 5.10 Å². The molecule has 1 amide bonds. The molecule has 0 saturated heterocycles. The van der Waals surface area contributed by atoms with E-state index in [9.17, 15) is 9.18 Å². The van der Waals surface area contributed by atoms with Gasteiger partial charge in [0.2, 0.25) is 0 Å². The van der Waals surface area contributed by atoms with Crippen LogP contribution in [0.25, 0.3) is 0 Å². The Morgan fingerprint density at radius 1 is 1.25 bits per heavy atom. The minimum Gasteiger partial charge on any atom is -0.481 e. The molecule has 1 N–H and O–H groups in total. The fourth-order valence-electron chi connectivity index (χ4n) is 1.91. The van der Waals surface area contributed by atoms with Crippen molar-refractivity contribution in [1.29, 1.82) is 5.26 Å². The summed E-state index contributed by atoms with van der Waals surface area (Å²) in [4.78, 5) is 12.0. The van der Waals surface area contributed by atoms with E-state index in [-0.39, 0.29) is 0 Å². The van der Waals surface area contributed by atoms with Crippen molar-refractivity contribution in [3.63, 3.8) is 0 Å². The van der Waals surface area contributed by atoms with Crippen LogP contribution in [0.1, 0.15) is 25.0 Å². The molecule has 0 aliphatic rings. The van der Waals surface area contributed by atoms with E-state index in [4.69, 9.17) is 10.00 Å². The van der Waals surface area contributed by atoms with Crippen molar-refractivity contribution in [3.05, 3.63) is 65.5 Å². The monoisotopic (exact) mass is 325 g/mol. The first-order valence-electron chi connectivity index (χ1n) is 7.27. The molecule has 0 spiro atoms. The Hall–Kier alpha value is -3.20. The quantitative estimate of drug-likeness (QED) is 0.678. The van der Waals surface area contributed by atoms with E-state index in [1.54, 1.807) is 56.3 Å². The van der Waals surface area contributed by atoms with Crippen LogP contribution < -0.4 is 10.2 Å². The normalized spacial score (nSPS) is 12.2. The zero-order chi connectivity index (χ0) is 17.5. The SMILES string of the molecule is C/C(=N\NC(=O)C(C)Oc1ccc(C#N)cc1)c1ccccc1F. The molecule has 0 aromatic heterocycles. The van der Waals surface area contributed by atoms with Crippen LogP contribution in [0.15, 0.2) is 53.6 Å². The molecule has 5 nitrogen and oxygen atoms in total. The van der Waals surface area contributed by atoms with Crippen LogP contribution in [0.5, 0.6) is 5.75 Å². The Labute approximate surface area is 139 Å². The zero-order valence-electron chi connectivity index (χ0n) is 13.3. The minimum absolute atomic E-state index is 0.318. The number of ether oxygens (including phenoxy) is 1. The molecular weight excluding hydrogens is 309 g/mol. The number of hydrogen-bond donors (Lipinski definition) is 1. The molecule has 1 atom stereocenters. The first-order chi connectivity index (χ1) is 11.5. The lowest BCUT2D eigenvalue weighted by Crippen LogP contribution is -2.34. The highest BCUT2D eigenvalue weighted by Crippen LogP contribution is 2.13. The van der Waals surface area contributed by atoms with Crippen molar-refractivity contribution >= 4 is 11.6 Å². The fraction of sp³-hybridized carbons (Fsp3) is 0.167. The van der Waals surface area contributed by atoms with Gasteiger partial charge in [-0.25, -0.2) is 9.82 Å². The number of amides is 1. The molecular formula is C18H16FN3O2. The van der Waals surface area contributed by atoms with Gasteiger partial charge >= 0.3 is 0 Å². The summed E-state index contributed by atoms with van der Waals surface area (Å²) >= 11 is 0. The maximum Gasteiger partial charge on any atom is 0.280 e. The second-order valence-electron chi connectivity index (χ2n) is 5.05. The highest BCUT2D eigenvalue weighted by molar-refractivity contribution is 5.99. The average molecular weight is 325 g/mol. The minimum atomic E-state index is -0.796. The van der Waals surface area contributed by atoms with Gasteiger partial charge < -0.3 is 4.74 Å². The van der Waals surface area contributed by atoms with E-state index in [1.807, 2.05) is 6.07 Å². The van der Waals surface area contributed by atoms with Crippen LogP contribution in [0.3, 0.4) is 0 Å². The van der Waals surface area contributed by atoms with Crippen LogP contribution >= 0.6 is 0 Å². The zero-order valence-corrected chi connectivity index (χ0v) is 13.3. The Bertz CT molecular complexity index is 795. The summed E-state index contributed by atoms with van der Waals surface area (Å²) in [5, 5.41) is 12.6. The Morgan fingerprint density at radius 3 is 2.54 bits per heavy atom. The van der Waals surface area contributed by atoms with Crippen molar-refractivity contribution in [2.75, 3.05) is 0 Å². The average Bonchev–Trinajstić information content (AvgIpc) is 2.60. The van der Waals surface area contributed by atoms with Gasteiger partial charge in [-0.1, -0.05) is 18.2 Å². The summed E-state index contributed by atoms with van der Waals surface area (Å²) in [6.45, 7) is 3.17. The number of hydrogen-bond acceptors (Lipinski definition) is 4. The van der Waals surface area contributed by atoms with Gasteiger partial charge in [0.1, 0.15) is 11.6 Å². The maximum atomic E-state index is 13.6. The van der Waals surface area contributed by atoms with Crippen molar-refractivity contribution in [2.45, 2.75) is 20.0 Å². The van der Waals surface area contributed by atoms with E-state index in [2.05, 4.69) is 10.5 Å². The van der Waals surface area contributed by atoms with Gasteiger partial charge in [0.25, 0.3) is 5.91 Å². The number of hydrazone groups is 1. The first-order valence-corrected chi connectivity index (χ1v) is 7.27. The van der Waals surface area contributed by atoms with Gasteiger partial charge in [-0.15, -0.1) is 0 Å². The third-order valence-electron chi connectivity index (χ3n) is 3.26. The van der Waals surface area contributed by atoms with E-state index in [0.29, 0.717) is 22.6 Å². The van der Waals surface area contributed by atoms with Crippen LogP contribution in [0.4, 0.5) is 4.39 Å². The maximum absolute atomic E-state index is 13.6. The molecule has 122 valence electrons. The van der Waals surface area contributed by atoms with Crippen molar-refractivity contribution < 1.29 is 13.9 Å². The third kappa shape index (κ3) is 4.40. The van der Waals surface area contributed by atoms with Gasteiger partial charge in [0.05, 0.1) is 17.3 Å². The molecule has 1 unspecified atom stereocenters. The predicted octanol–water partition coefficient (Wildman–Crippen LogP) is 3.01. The standard InChI is InChI=1S/C18H16FN3O2/c1-12(16-5-3-4-6-17(16)19)21-22-18(23)13(2)24-15-9-7-14(11-20)8-10-15/h3-10,13H,1-2H3,(H,22,23)/b21-12+. The highest BCUT2D eigenvalue weighted by atomic mass is 19.1. The predicted molar refractivity (Wildman–Crippen MR) is 88.0 cm³/mol. The number of nitriles is 1. The first kappa shape index (κ1) is 17.2. The van der Waals surface area contributed by atoms with Crippen molar-refractivity contribution in [3.8, 4) is 11.8 Å². The summed E-state index contributed by atoms with van der Waals surface area (Å²) in [7, 11) is 0. The molecule has 2 aromatic carbocycles. The molecule has 0 aliphatic carbocycles. The smallest absolute Gasteiger partial charge is 0.280 e. The summed E-state index contributed by atoms with van der Waals surface area (Å²) in [5.41, 5.74) is 3.53. The van der Waals surface area contributed by atoms with Gasteiger partial charge in [-0.2, -0.15) is 10.4 Å².